The van der Waals surface area contributed by atoms with Gasteiger partial charge in [0.15, 0.2) is 6.17 Å². The average Bonchev–Trinajstić information content (AvgIpc) is 2.28. The second-order valence-electron chi connectivity index (χ2n) is 3.57. The molecule has 0 aromatic heterocycles. The highest BCUT2D eigenvalue weighted by molar-refractivity contribution is 5.74. The third-order valence-corrected chi connectivity index (χ3v) is 2.21. The monoisotopic (exact) mass is 238 g/mol. The minimum atomic E-state index is -1.33. The van der Waals surface area contributed by atoms with Gasteiger partial charge in [0.25, 0.3) is 0 Å². The molecule has 0 amide bonds. The average molecular weight is 238 g/mol. The first-order chi connectivity index (χ1) is 8.00. The molecule has 0 saturated heterocycles. The van der Waals surface area contributed by atoms with Crippen LogP contribution in [0.25, 0.3) is 0 Å². The van der Waals surface area contributed by atoms with E-state index in [2.05, 4.69) is 0 Å². The Morgan fingerprint density at radius 1 is 1.24 bits per heavy atom. The van der Waals surface area contributed by atoms with Crippen molar-refractivity contribution in [2.75, 3.05) is 6.54 Å². The lowest BCUT2D eigenvalue weighted by Crippen LogP contribution is -2.49. The first-order valence-electron chi connectivity index (χ1n) is 4.99. The van der Waals surface area contributed by atoms with E-state index in [-0.39, 0.29) is 6.54 Å². The lowest BCUT2D eigenvalue weighted by Gasteiger charge is -2.23. The summed E-state index contributed by atoms with van der Waals surface area (Å²) in [4.78, 5) is 22.6. The molecule has 1 unspecified atom stereocenters. The maximum absolute atomic E-state index is 10.8. The summed E-state index contributed by atoms with van der Waals surface area (Å²) < 4.78 is 0. The van der Waals surface area contributed by atoms with Crippen molar-refractivity contribution in [1.29, 1.82) is 0 Å². The quantitative estimate of drug-likeness (QED) is 0.600. The Hall–Kier alpha value is -1.92. The highest BCUT2D eigenvalue weighted by atomic mass is 16.4. The molecule has 0 fully saturated rings. The maximum Gasteiger partial charge on any atom is 0.335 e. The predicted molar refractivity (Wildman–Crippen MR) is 60.1 cm³/mol. The number of rotatable bonds is 6. The molecule has 0 spiro atoms. The number of nitrogens with two attached hydrogens (primary N) is 1. The molecule has 17 heavy (non-hydrogen) atoms. The molecule has 92 valence electrons. The van der Waals surface area contributed by atoms with E-state index in [1.807, 2.05) is 6.07 Å². The number of benzene rings is 1. The van der Waals surface area contributed by atoms with E-state index in [9.17, 15) is 9.59 Å². The van der Waals surface area contributed by atoms with Crippen LogP contribution in [0.2, 0.25) is 0 Å². The van der Waals surface area contributed by atoms with E-state index in [1.54, 1.807) is 24.3 Å². The molecular formula is C11H14N2O4. The number of hydrogen-bond acceptors (Lipinski definition) is 4. The van der Waals surface area contributed by atoms with Crippen LogP contribution in [0.3, 0.4) is 0 Å². The van der Waals surface area contributed by atoms with Gasteiger partial charge in [-0.1, -0.05) is 30.3 Å². The van der Waals surface area contributed by atoms with Gasteiger partial charge in [-0.3, -0.25) is 9.69 Å². The van der Waals surface area contributed by atoms with Crippen molar-refractivity contribution in [3.8, 4) is 0 Å². The third-order valence-electron chi connectivity index (χ3n) is 2.21. The van der Waals surface area contributed by atoms with Crippen LogP contribution in [0.1, 0.15) is 5.56 Å². The molecule has 0 saturated carbocycles. The first kappa shape index (κ1) is 13.1. The van der Waals surface area contributed by atoms with Gasteiger partial charge in [-0.15, -0.1) is 0 Å². The fourth-order valence-electron chi connectivity index (χ4n) is 1.40. The summed E-state index contributed by atoms with van der Waals surface area (Å²) >= 11 is 0. The summed E-state index contributed by atoms with van der Waals surface area (Å²) in [6, 6.07) is 8.97. The standard InChI is InChI=1S/C11H14N2O4/c12-10(11(16)17)13(7-9(14)15)6-8-4-2-1-3-5-8/h1-5,10H,6-7,12H2,(H,14,15)(H,16,17). The number of carboxylic acids is 2. The number of nitrogens with zero attached hydrogens (tertiary/aromatic N) is 1. The van der Waals surface area contributed by atoms with Gasteiger partial charge in [-0.2, -0.15) is 0 Å². The molecule has 0 radical (unpaired) electrons. The summed E-state index contributed by atoms with van der Waals surface area (Å²) in [6.07, 6.45) is -1.33. The molecule has 1 aromatic carbocycles. The first-order valence-corrected chi connectivity index (χ1v) is 4.99. The van der Waals surface area contributed by atoms with Gasteiger partial charge in [0.1, 0.15) is 0 Å². The summed E-state index contributed by atoms with van der Waals surface area (Å²) in [5.74, 6) is -2.36. The van der Waals surface area contributed by atoms with Gasteiger partial charge in [0, 0.05) is 6.54 Å². The Balaban J connectivity index is 2.77. The van der Waals surface area contributed by atoms with Crippen LogP contribution in [-0.4, -0.2) is 39.8 Å². The van der Waals surface area contributed by atoms with Gasteiger partial charge in [0.05, 0.1) is 6.54 Å². The van der Waals surface area contributed by atoms with Crippen molar-refractivity contribution in [3.05, 3.63) is 35.9 Å². The second kappa shape index (κ2) is 5.97. The van der Waals surface area contributed by atoms with E-state index in [4.69, 9.17) is 15.9 Å². The van der Waals surface area contributed by atoms with Gasteiger partial charge < -0.3 is 15.9 Å². The predicted octanol–water partition coefficient (Wildman–Crippen LogP) is -0.0574. The molecule has 1 rings (SSSR count). The highest BCUT2D eigenvalue weighted by Crippen LogP contribution is 2.06. The van der Waals surface area contributed by atoms with Crippen LogP contribution in [0.15, 0.2) is 30.3 Å². The van der Waals surface area contributed by atoms with Crippen LogP contribution in [-0.2, 0) is 16.1 Å². The third kappa shape index (κ3) is 4.21. The summed E-state index contributed by atoms with van der Waals surface area (Å²) in [5.41, 5.74) is 6.23. The van der Waals surface area contributed by atoms with Gasteiger partial charge in [-0.05, 0) is 5.56 Å². The maximum atomic E-state index is 10.8. The van der Waals surface area contributed by atoms with E-state index in [0.29, 0.717) is 0 Å². The summed E-state index contributed by atoms with van der Waals surface area (Å²) in [7, 11) is 0. The minimum Gasteiger partial charge on any atom is -0.480 e. The van der Waals surface area contributed by atoms with Crippen LogP contribution in [0.4, 0.5) is 0 Å². The molecule has 0 aliphatic heterocycles. The molecule has 0 bridgehead atoms. The zero-order chi connectivity index (χ0) is 12.8. The van der Waals surface area contributed by atoms with Crippen LogP contribution in [0.5, 0.6) is 0 Å². The Bertz CT molecular complexity index is 394. The van der Waals surface area contributed by atoms with Crippen LogP contribution < -0.4 is 5.73 Å². The lowest BCUT2D eigenvalue weighted by atomic mass is 10.2. The molecule has 4 N–H and O–H groups in total. The topological polar surface area (TPSA) is 104 Å². The lowest BCUT2D eigenvalue weighted by molar-refractivity contribution is -0.146. The fraction of sp³-hybridized carbons (Fsp3) is 0.273. The highest BCUT2D eigenvalue weighted by Gasteiger charge is 2.23. The number of carboxylic acid groups (broad SMARTS) is 2. The second-order valence-corrected chi connectivity index (χ2v) is 3.57. The molecule has 1 aromatic rings. The van der Waals surface area contributed by atoms with Crippen molar-refractivity contribution in [2.45, 2.75) is 12.7 Å². The molecule has 1 atom stereocenters. The van der Waals surface area contributed by atoms with Gasteiger partial charge in [-0.25, -0.2) is 4.79 Å². The fourth-order valence-corrected chi connectivity index (χ4v) is 1.40. The van der Waals surface area contributed by atoms with Crippen molar-refractivity contribution in [1.82, 2.24) is 4.90 Å². The van der Waals surface area contributed by atoms with E-state index >= 15 is 0 Å². The van der Waals surface area contributed by atoms with Crippen molar-refractivity contribution in [2.24, 2.45) is 5.73 Å². The molecule has 0 heterocycles. The normalized spacial score (nSPS) is 12.4. The van der Waals surface area contributed by atoms with Crippen LogP contribution >= 0.6 is 0 Å². The zero-order valence-corrected chi connectivity index (χ0v) is 9.11. The number of aliphatic carboxylic acids is 2. The SMILES string of the molecule is NC(C(=O)O)N(CC(=O)O)Cc1ccccc1. The Kier molecular flexibility index (Phi) is 4.62. The largest absolute Gasteiger partial charge is 0.480 e. The Labute approximate surface area is 98.3 Å². The van der Waals surface area contributed by atoms with E-state index < -0.39 is 24.6 Å². The zero-order valence-electron chi connectivity index (χ0n) is 9.11. The minimum absolute atomic E-state index is 0.181. The van der Waals surface area contributed by atoms with E-state index in [0.717, 1.165) is 5.56 Å². The molecular weight excluding hydrogens is 224 g/mol. The Morgan fingerprint density at radius 2 is 1.82 bits per heavy atom. The Morgan fingerprint density at radius 3 is 2.29 bits per heavy atom. The van der Waals surface area contributed by atoms with Crippen molar-refractivity contribution < 1.29 is 19.8 Å². The van der Waals surface area contributed by atoms with Gasteiger partial charge >= 0.3 is 11.9 Å². The molecule has 0 aliphatic rings. The molecule has 0 aliphatic carbocycles. The summed E-state index contributed by atoms with van der Waals surface area (Å²) in [6.45, 7) is -0.233. The van der Waals surface area contributed by atoms with Crippen LogP contribution in [0, 0.1) is 0 Å². The summed E-state index contributed by atoms with van der Waals surface area (Å²) in [5, 5.41) is 17.5. The van der Waals surface area contributed by atoms with Crippen molar-refractivity contribution in [3.63, 3.8) is 0 Å². The number of hydrogen-bond donors (Lipinski definition) is 3. The smallest absolute Gasteiger partial charge is 0.335 e. The molecule has 6 heteroatoms. The molecule has 6 nitrogen and oxygen atoms in total. The van der Waals surface area contributed by atoms with Crippen molar-refractivity contribution >= 4 is 11.9 Å². The number of carbonyl (C=O) groups is 2. The van der Waals surface area contributed by atoms with Gasteiger partial charge in [0.2, 0.25) is 0 Å². The van der Waals surface area contributed by atoms with E-state index in [1.165, 1.54) is 4.90 Å².